The van der Waals surface area contributed by atoms with Crippen molar-refractivity contribution in [3.8, 4) is 0 Å². The molecule has 2 amide bonds. The van der Waals surface area contributed by atoms with Gasteiger partial charge >= 0.3 is 0 Å². The van der Waals surface area contributed by atoms with Crippen LogP contribution in [0, 0.1) is 5.92 Å². The summed E-state index contributed by atoms with van der Waals surface area (Å²) in [5, 5.41) is 6.38. The van der Waals surface area contributed by atoms with Gasteiger partial charge in [-0.2, -0.15) is 4.98 Å². The minimum Gasteiger partial charge on any atom is -0.343 e. The molecule has 7 nitrogen and oxygen atoms in total. The van der Waals surface area contributed by atoms with E-state index in [9.17, 15) is 9.59 Å². The van der Waals surface area contributed by atoms with Crippen molar-refractivity contribution < 1.29 is 14.1 Å². The first kappa shape index (κ1) is 12.5. The zero-order valence-corrected chi connectivity index (χ0v) is 10.4. The molecule has 1 atom stereocenters. The third-order valence-corrected chi connectivity index (χ3v) is 2.91. The molecule has 1 aromatic heterocycles. The molecule has 2 rings (SSSR count). The third-order valence-electron chi connectivity index (χ3n) is 2.91. The zero-order chi connectivity index (χ0) is 13.1. The molecule has 0 aromatic carbocycles. The SMILES string of the molecule is CC(C)C1NC(=O)CN(CCc2ncon2)C1=O. The van der Waals surface area contributed by atoms with E-state index in [1.54, 1.807) is 4.90 Å². The Labute approximate surface area is 105 Å². The van der Waals surface area contributed by atoms with Gasteiger partial charge < -0.3 is 14.7 Å². The lowest BCUT2D eigenvalue weighted by Gasteiger charge is -2.34. The molecule has 7 heteroatoms. The van der Waals surface area contributed by atoms with Crippen molar-refractivity contribution in [2.45, 2.75) is 26.3 Å². The molecular formula is C11H16N4O3. The molecule has 1 fully saturated rings. The maximum atomic E-state index is 12.1. The fraction of sp³-hybridized carbons (Fsp3) is 0.636. The van der Waals surface area contributed by atoms with Crippen LogP contribution in [0.5, 0.6) is 0 Å². The number of nitrogens with zero attached hydrogens (tertiary/aromatic N) is 3. The topological polar surface area (TPSA) is 88.3 Å². The van der Waals surface area contributed by atoms with Gasteiger partial charge in [-0.05, 0) is 5.92 Å². The molecule has 0 radical (unpaired) electrons. The first-order chi connectivity index (χ1) is 8.58. The van der Waals surface area contributed by atoms with Gasteiger partial charge in [-0.25, -0.2) is 0 Å². The van der Waals surface area contributed by atoms with Gasteiger partial charge in [-0.15, -0.1) is 0 Å². The van der Waals surface area contributed by atoms with Gasteiger partial charge in [-0.1, -0.05) is 19.0 Å². The summed E-state index contributed by atoms with van der Waals surface area (Å²) in [7, 11) is 0. The molecule has 1 saturated heterocycles. The molecule has 0 saturated carbocycles. The van der Waals surface area contributed by atoms with Gasteiger partial charge in [0.25, 0.3) is 0 Å². The summed E-state index contributed by atoms with van der Waals surface area (Å²) in [6, 6.07) is -0.434. The van der Waals surface area contributed by atoms with Gasteiger partial charge in [0.15, 0.2) is 5.82 Å². The lowest BCUT2D eigenvalue weighted by molar-refractivity contribution is -0.145. The van der Waals surface area contributed by atoms with Crippen LogP contribution in [0.3, 0.4) is 0 Å². The first-order valence-corrected chi connectivity index (χ1v) is 5.91. The van der Waals surface area contributed by atoms with Crippen molar-refractivity contribution in [1.29, 1.82) is 0 Å². The number of carbonyl (C=O) groups excluding carboxylic acids is 2. The third kappa shape index (κ3) is 2.66. The Morgan fingerprint density at radius 1 is 1.56 bits per heavy atom. The molecule has 0 aliphatic carbocycles. The molecular weight excluding hydrogens is 236 g/mol. The molecule has 0 bridgehead atoms. The van der Waals surface area contributed by atoms with Crippen LogP contribution in [0.25, 0.3) is 0 Å². The fourth-order valence-electron chi connectivity index (χ4n) is 1.91. The van der Waals surface area contributed by atoms with Crippen molar-refractivity contribution >= 4 is 11.8 Å². The Kier molecular flexibility index (Phi) is 3.59. The molecule has 1 aliphatic rings. The minimum atomic E-state index is -0.434. The van der Waals surface area contributed by atoms with Gasteiger partial charge in [0, 0.05) is 13.0 Å². The predicted octanol–water partition coefficient (Wildman–Crippen LogP) is -0.405. The van der Waals surface area contributed by atoms with Crippen LogP contribution in [0.15, 0.2) is 10.9 Å². The Morgan fingerprint density at radius 2 is 2.33 bits per heavy atom. The smallest absolute Gasteiger partial charge is 0.245 e. The van der Waals surface area contributed by atoms with E-state index in [0.717, 1.165) is 0 Å². The molecule has 1 aromatic rings. The van der Waals surface area contributed by atoms with Crippen molar-refractivity contribution in [3.05, 3.63) is 12.2 Å². The lowest BCUT2D eigenvalue weighted by atomic mass is 10.0. The number of nitrogens with one attached hydrogen (secondary N) is 1. The maximum Gasteiger partial charge on any atom is 0.245 e. The number of aromatic nitrogens is 2. The summed E-state index contributed by atoms with van der Waals surface area (Å²) in [6.45, 7) is 4.34. The number of carbonyl (C=O) groups is 2. The lowest BCUT2D eigenvalue weighted by Crippen LogP contribution is -2.60. The molecule has 1 aliphatic heterocycles. The summed E-state index contributed by atoms with van der Waals surface area (Å²) in [5.41, 5.74) is 0. The Balaban J connectivity index is 1.98. The summed E-state index contributed by atoms with van der Waals surface area (Å²) in [5.74, 6) is 0.443. The van der Waals surface area contributed by atoms with Crippen LogP contribution in [0.4, 0.5) is 0 Å². The van der Waals surface area contributed by atoms with E-state index in [2.05, 4.69) is 20.0 Å². The second kappa shape index (κ2) is 5.16. The van der Waals surface area contributed by atoms with E-state index in [4.69, 9.17) is 0 Å². The van der Waals surface area contributed by atoms with E-state index < -0.39 is 6.04 Å². The summed E-state index contributed by atoms with van der Waals surface area (Å²) in [4.78, 5) is 29.1. The summed E-state index contributed by atoms with van der Waals surface area (Å²) < 4.78 is 4.62. The monoisotopic (exact) mass is 252 g/mol. The van der Waals surface area contributed by atoms with Crippen LogP contribution < -0.4 is 5.32 Å². The standard InChI is InChI=1S/C11H16N4O3/c1-7(2)10-11(17)15(5-9(16)13-10)4-3-8-12-6-18-14-8/h6-7,10H,3-5H2,1-2H3,(H,13,16). The second-order valence-corrected chi connectivity index (χ2v) is 4.65. The second-order valence-electron chi connectivity index (χ2n) is 4.65. The Hall–Kier alpha value is -1.92. The van der Waals surface area contributed by atoms with Gasteiger partial charge in [0.05, 0.1) is 6.54 Å². The van der Waals surface area contributed by atoms with Crippen LogP contribution in [0.2, 0.25) is 0 Å². The highest BCUT2D eigenvalue weighted by molar-refractivity contribution is 5.94. The quantitative estimate of drug-likeness (QED) is 0.787. The number of piperazine rings is 1. The van der Waals surface area contributed by atoms with Crippen molar-refractivity contribution in [3.63, 3.8) is 0 Å². The van der Waals surface area contributed by atoms with E-state index in [1.807, 2.05) is 13.8 Å². The van der Waals surface area contributed by atoms with Gasteiger partial charge in [-0.3, -0.25) is 9.59 Å². The molecule has 0 spiro atoms. The molecule has 18 heavy (non-hydrogen) atoms. The normalized spacial score (nSPS) is 20.4. The fourth-order valence-corrected chi connectivity index (χ4v) is 1.91. The van der Waals surface area contributed by atoms with E-state index in [-0.39, 0.29) is 24.3 Å². The highest BCUT2D eigenvalue weighted by Gasteiger charge is 2.34. The number of rotatable bonds is 4. The van der Waals surface area contributed by atoms with Crippen LogP contribution in [0.1, 0.15) is 19.7 Å². The van der Waals surface area contributed by atoms with Gasteiger partial charge in [0.2, 0.25) is 18.2 Å². The van der Waals surface area contributed by atoms with E-state index in [0.29, 0.717) is 18.8 Å². The average molecular weight is 252 g/mol. The zero-order valence-electron chi connectivity index (χ0n) is 10.4. The molecule has 1 unspecified atom stereocenters. The number of hydrogen-bond acceptors (Lipinski definition) is 5. The number of amides is 2. The minimum absolute atomic E-state index is 0.0481. The summed E-state index contributed by atoms with van der Waals surface area (Å²) >= 11 is 0. The molecule has 98 valence electrons. The Bertz CT molecular complexity index is 430. The van der Waals surface area contributed by atoms with Crippen LogP contribution in [-0.2, 0) is 16.0 Å². The first-order valence-electron chi connectivity index (χ1n) is 5.91. The highest BCUT2D eigenvalue weighted by atomic mass is 16.5. The highest BCUT2D eigenvalue weighted by Crippen LogP contribution is 2.11. The van der Waals surface area contributed by atoms with Crippen LogP contribution >= 0.6 is 0 Å². The average Bonchev–Trinajstić information content (AvgIpc) is 2.82. The van der Waals surface area contributed by atoms with Crippen molar-refractivity contribution in [2.75, 3.05) is 13.1 Å². The van der Waals surface area contributed by atoms with E-state index >= 15 is 0 Å². The maximum absolute atomic E-state index is 12.1. The number of hydrogen-bond donors (Lipinski definition) is 1. The van der Waals surface area contributed by atoms with Gasteiger partial charge in [0.1, 0.15) is 6.04 Å². The molecule has 2 heterocycles. The van der Waals surface area contributed by atoms with E-state index in [1.165, 1.54) is 6.39 Å². The molecule has 1 N–H and O–H groups in total. The predicted molar refractivity (Wildman–Crippen MR) is 61.4 cm³/mol. The van der Waals surface area contributed by atoms with Crippen molar-refractivity contribution in [2.24, 2.45) is 5.92 Å². The largest absolute Gasteiger partial charge is 0.343 e. The summed E-state index contributed by atoms with van der Waals surface area (Å²) in [6.07, 6.45) is 1.73. The Morgan fingerprint density at radius 3 is 2.94 bits per heavy atom. The van der Waals surface area contributed by atoms with Crippen molar-refractivity contribution in [1.82, 2.24) is 20.4 Å². The van der Waals surface area contributed by atoms with Crippen LogP contribution in [-0.4, -0.2) is 46.0 Å².